The zero-order valence-corrected chi connectivity index (χ0v) is 10.2. The summed E-state index contributed by atoms with van der Waals surface area (Å²) in [6.45, 7) is 5.63. The normalized spacial score (nSPS) is 23.4. The van der Waals surface area contributed by atoms with E-state index in [0.717, 1.165) is 26.2 Å². The molecule has 1 saturated heterocycles. The number of carbonyl (C=O) groups is 1. The van der Waals surface area contributed by atoms with Crippen LogP contribution in [0.2, 0.25) is 0 Å². The van der Waals surface area contributed by atoms with Crippen LogP contribution in [0.15, 0.2) is 11.6 Å². The van der Waals surface area contributed by atoms with E-state index in [0.29, 0.717) is 11.5 Å². The number of hydrogen-bond donors (Lipinski definition) is 2. The highest BCUT2D eigenvalue weighted by Crippen LogP contribution is 2.15. The van der Waals surface area contributed by atoms with Gasteiger partial charge in [0.25, 0.3) is 0 Å². The summed E-state index contributed by atoms with van der Waals surface area (Å²) in [5.74, 6) is -0.110. The molecule has 2 N–H and O–H groups in total. The van der Waals surface area contributed by atoms with Crippen molar-refractivity contribution in [2.24, 2.45) is 5.92 Å². The Bertz CT molecular complexity index is 262. The molecule has 0 amide bonds. The first-order valence-electron chi connectivity index (χ1n) is 5.90. The Morgan fingerprint density at radius 3 is 3.00 bits per heavy atom. The molecule has 4 nitrogen and oxygen atoms in total. The molecule has 0 aliphatic carbocycles. The van der Waals surface area contributed by atoms with Gasteiger partial charge in [0.1, 0.15) is 0 Å². The van der Waals surface area contributed by atoms with Gasteiger partial charge in [-0.05, 0) is 45.8 Å². The monoisotopic (exact) mass is 226 g/mol. The van der Waals surface area contributed by atoms with Gasteiger partial charge in [0.15, 0.2) is 0 Å². The predicted octanol–water partition coefficient (Wildman–Crippen LogP) is 0.949. The average Bonchev–Trinajstić information content (AvgIpc) is 2.26. The Kier molecular flexibility index (Phi) is 5.49. The van der Waals surface area contributed by atoms with Crippen molar-refractivity contribution in [1.82, 2.24) is 10.2 Å². The van der Waals surface area contributed by atoms with Crippen LogP contribution in [0.1, 0.15) is 19.8 Å². The molecule has 1 fully saturated rings. The number of nitrogens with one attached hydrogen (secondary N) is 1. The first-order valence-corrected chi connectivity index (χ1v) is 5.90. The fourth-order valence-corrected chi connectivity index (χ4v) is 2.13. The number of piperidine rings is 1. The van der Waals surface area contributed by atoms with Gasteiger partial charge in [-0.2, -0.15) is 0 Å². The highest BCUT2D eigenvalue weighted by Gasteiger charge is 2.18. The molecular weight excluding hydrogens is 204 g/mol. The molecular formula is C12H22N2O2. The largest absolute Gasteiger partial charge is 0.478 e. The molecule has 4 heteroatoms. The summed E-state index contributed by atoms with van der Waals surface area (Å²) >= 11 is 0. The van der Waals surface area contributed by atoms with Crippen molar-refractivity contribution >= 4 is 5.97 Å². The third-order valence-corrected chi connectivity index (χ3v) is 3.09. The second-order valence-corrected chi connectivity index (χ2v) is 4.52. The summed E-state index contributed by atoms with van der Waals surface area (Å²) in [6.07, 6.45) is 4.30. The van der Waals surface area contributed by atoms with Crippen LogP contribution in [-0.4, -0.2) is 49.2 Å². The lowest BCUT2D eigenvalue weighted by Crippen LogP contribution is -2.39. The maximum absolute atomic E-state index is 10.6. The number of carboxylic acids is 1. The van der Waals surface area contributed by atoms with E-state index in [4.69, 9.17) is 5.11 Å². The zero-order chi connectivity index (χ0) is 12.0. The molecule has 16 heavy (non-hydrogen) atoms. The van der Waals surface area contributed by atoms with Crippen LogP contribution >= 0.6 is 0 Å². The number of aliphatic carboxylic acids is 1. The van der Waals surface area contributed by atoms with Crippen LogP contribution in [0.3, 0.4) is 0 Å². The minimum atomic E-state index is -0.816. The topological polar surface area (TPSA) is 52.6 Å². The standard InChI is InChI=1S/C12H22N2O2/c1-10(12(15)16)5-7-14-6-3-4-11(9-14)8-13-2/h5,11,13H,3-4,6-9H2,1-2H3,(H,15,16). The van der Waals surface area contributed by atoms with Gasteiger partial charge in [0, 0.05) is 18.7 Å². The molecule has 1 atom stereocenters. The fourth-order valence-electron chi connectivity index (χ4n) is 2.13. The van der Waals surface area contributed by atoms with Gasteiger partial charge in [-0.15, -0.1) is 0 Å². The minimum absolute atomic E-state index is 0.440. The smallest absolute Gasteiger partial charge is 0.330 e. The van der Waals surface area contributed by atoms with Gasteiger partial charge in [0.2, 0.25) is 0 Å². The van der Waals surface area contributed by atoms with Crippen LogP contribution < -0.4 is 5.32 Å². The third kappa shape index (κ3) is 4.33. The first-order chi connectivity index (χ1) is 7.63. The molecule has 1 heterocycles. The summed E-state index contributed by atoms with van der Waals surface area (Å²) in [6, 6.07) is 0. The van der Waals surface area contributed by atoms with E-state index < -0.39 is 5.97 Å². The number of likely N-dealkylation sites (tertiary alicyclic amines) is 1. The Hall–Kier alpha value is -0.870. The zero-order valence-electron chi connectivity index (χ0n) is 10.2. The van der Waals surface area contributed by atoms with E-state index in [1.807, 2.05) is 13.1 Å². The maximum Gasteiger partial charge on any atom is 0.330 e. The highest BCUT2D eigenvalue weighted by atomic mass is 16.4. The number of nitrogens with zero attached hydrogens (tertiary/aromatic N) is 1. The molecule has 0 aromatic carbocycles. The maximum atomic E-state index is 10.6. The van der Waals surface area contributed by atoms with Gasteiger partial charge in [-0.25, -0.2) is 4.79 Å². The van der Waals surface area contributed by atoms with E-state index in [-0.39, 0.29) is 0 Å². The van der Waals surface area contributed by atoms with E-state index >= 15 is 0 Å². The Morgan fingerprint density at radius 1 is 1.62 bits per heavy atom. The quantitative estimate of drug-likeness (QED) is 0.685. The third-order valence-electron chi connectivity index (χ3n) is 3.09. The molecule has 1 unspecified atom stereocenters. The predicted molar refractivity (Wildman–Crippen MR) is 64.5 cm³/mol. The lowest BCUT2D eigenvalue weighted by molar-refractivity contribution is -0.132. The number of rotatable bonds is 5. The SMILES string of the molecule is CNCC1CCCN(CC=C(C)C(=O)O)C1. The minimum Gasteiger partial charge on any atom is -0.478 e. The molecule has 92 valence electrons. The molecule has 0 bridgehead atoms. The van der Waals surface area contributed by atoms with E-state index in [1.165, 1.54) is 12.8 Å². The summed E-state index contributed by atoms with van der Waals surface area (Å²) < 4.78 is 0. The molecule has 1 aliphatic heterocycles. The Balaban J connectivity index is 2.37. The molecule has 0 saturated carbocycles. The van der Waals surface area contributed by atoms with Gasteiger partial charge in [0.05, 0.1) is 0 Å². The summed E-state index contributed by atoms with van der Waals surface area (Å²) in [5, 5.41) is 12.0. The Labute approximate surface area is 97.3 Å². The van der Waals surface area contributed by atoms with E-state index in [1.54, 1.807) is 6.92 Å². The average molecular weight is 226 g/mol. The molecule has 0 aromatic rings. The Morgan fingerprint density at radius 2 is 2.38 bits per heavy atom. The highest BCUT2D eigenvalue weighted by molar-refractivity contribution is 5.85. The van der Waals surface area contributed by atoms with Crippen LogP contribution in [0.4, 0.5) is 0 Å². The lowest BCUT2D eigenvalue weighted by Gasteiger charge is -2.31. The summed E-state index contributed by atoms with van der Waals surface area (Å²) in [4.78, 5) is 13.0. The van der Waals surface area contributed by atoms with Gasteiger partial charge >= 0.3 is 5.97 Å². The molecule has 1 rings (SSSR count). The fraction of sp³-hybridized carbons (Fsp3) is 0.750. The van der Waals surface area contributed by atoms with E-state index in [2.05, 4.69) is 10.2 Å². The van der Waals surface area contributed by atoms with Crippen molar-refractivity contribution in [3.05, 3.63) is 11.6 Å². The van der Waals surface area contributed by atoms with Gasteiger partial charge in [-0.1, -0.05) is 6.08 Å². The van der Waals surface area contributed by atoms with Crippen molar-refractivity contribution < 1.29 is 9.90 Å². The van der Waals surface area contributed by atoms with Crippen LogP contribution in [0.5, 0.6) is 0 Å². The van der Waals surface area contributed by atoms with Crippen LogP contribution in [-0.2, 0) is 4.79 Å². The summed E-state index contributed by atoms with van der Waals surface area (Å²) in [7, 11) is 1.98. The lowest BCUT2D eigenvalue weighted by atomic mass is 9.98. The van der Waals surface area contributed by atoms with Crippen molar-refractivity contribution in [1.29, 1.82) is 0 Å². The second kappa shape index (κ2) is 6.66. The van der Waals surface area contributed by atoms with Crippen molar-refractivity contribution in [3.63, 3.8) is 0 Å². The first kappa shape index (κ1) is 13.2. The van der Waals surface area contributed by atoms with Gasteiger partial charge in [-0.3, -0.25) is 4.90 Å². The van der Waals surface area contributed by atoms with Crippen molar-refractivity contribution in [3.8, 4) is 0 Å². The number of carboxylic acid groups (broad SMARTS) is 1. The van der Waals surface area contributed by atoms with Crippen molar-refractivity contribution in [2.75, 3.05) is 33.2 Å². The molecule has 0 radical (unpaired) electrons. The molecule has 0 spiro atoms. The van der Waals surface area contributed by atoms with Crippen LogP contribution in [0, 0.1) is 5.92 Å². The molecule has 0 aromatic heterocycles. The van der Waals surface area contributed by atoms with E-state index in [9.17, 15) is 4.79 Å². The summed E-state index contributed by atoms with van der Waals surface area (Å²) in [5.41, 5.74) is 0.440. The van der Waals surface area contributed by atoms with Crippen molar-refractivity contribution in [2.45, 2.75) is 19.8 Å². The van der Waals surface area contributed by atoms with Crippen LogP contribution in [0.25, 0.3) is 0 Å². The second-order valence-electron chi connectivity index (χ2n) is 4.52. The number of hydrogen-bond acceptors (Lipinski definition) is 3. The van der Waals surface area contributed by atoms with Gasteiger partial charge < -0.3 is 10.4 Å². The molecule has 1 aliphatic rings.